The topological polar surface area (TPSA) is 17.8 Å². The Morgan fingerprint density at radius 1 is 1.05 bits per heavy atom. The molecule has 0 aliphatic carbocycles. The van der Waals surface area contributed by atoms with Gasteiger partial charge in [-0.25, -0.2) is 4.98 Å². The molecule has 0 atom stereocenters. The van der Waals surface area contributed by atoms with Crippen molar-refractivity contribution < 1.29 is 0 Å². The van der Waals surface area contributed by atoms with Crippen molar-refractivity contribution in [2.24, 2.45) is 0 Å². The summed E-state index contributed by atoms with van der Waals surface area (Å²) in [6.07, 6.45) is 1.91. The maximum Gasteiger partial charge on any atom is 0.149 e. The van der Waals surface area contributed by atoms with Crippen molar-refractivity contribution in [3.63, 3.8) is 0 Å². The van der Waals surface area contributed by atoms with Gasteiger partial charge in [-0.05, 0) is 35.0 Å². The van der Waals surface area contributed by atoms with Gasteiger partial charge in [-0.3, -0.25) is 3.97 Å². The van der Waals surface area contributed by atoms with Crippen molar-refractivity contribution in [1.29, 1.82) is 0 Å². The van der Waals surface area contributed by atoms with Gasteiger partial charge in [0, 0.05) is 37.5 Å². The second kappa shape index (κ2) is 5.96. The minimum atomic E-state index is -1.02. The largest absolute Gasteiger partial charge is 0.290 e. The Kier molecular flexibility index (Phi) is 4.79. The number of nitrogens with zero attached hydrogens (tertiary/aromatic N) is 2. The maximum absolute atomic E-state index is 4.73. The highest BCUT2D eigenvalue weighted by Crippen LogP contribution is 2.63. The van der Waals surface area contributed by atoms with Crippen LogP contribution < -0.4 is 0 Å². The lowest BCUT2D eigenvalue weighted by Gasteiger charge is -2.53. The normalized spacial score (nSPS) is 13.9. The molecule has 4 heteroatoms. The third kappa shape index (κ3) is 2.44. The van der Waals surface area contributed by atoms with Crippen molar-refractivity contribution in [3.05, 3.63) is 28.5 Å². The van der Waals surface area contributed by atoms with Crippen LogP contribution >= 0.6 is 26.1 Å². The monoisotopic (exact) mass is 370 g/mol. The van der Waals surface area contributed by atoms with Crippen LogP contribution in [0.25, 0.3) is 11.0 Å². The molecule has 0 N–H and O–H groups in total. The standard InChI is InChI=1S/C17H27BrN2S/c1-11(2)21(12(3)4,13(5)6)20-14(7)10-15-16(18)8-9-19-17(15)20/h8-13H,1-7H3. The van der Waals surface area contributed by atoms with Gasteiger partial charge in [0.2, 0.25) is 0 Å². The number of aryl methyl sites for hydroxylation is 1. The molecule has 2 rings (SSSR count). The lowest BCUT2D eigenvalue weighted by atomic mass is 10.3. The number of halogens is 1. The van der Waals surface area contributed by atoms with E-state index in [1.165, 1.54) is 11.1 Å². The number of hydrogen-bond donors (Lipinski definition) is 0. The molecule has 118 valence electrons. The SMILES string of the molecule is Cc1cc2c(Br)ccnc2n1S(C(C)C)(C(C)C)C(C)C. The van der Waals surface area contributed by atoms with E-state index in [2.05, 4.69) is 74.4 Å². The van der Waals surface area contributed by atoms with Crippen LogP contribution in [0.15, 0.2) is 22.8 Å². The van der Waals surface area contributed by atoms with Gasteiger partial charge in [0.1, 0.15) is 5.65 Å². The van der Waals surface area contributed by atoms with Crippen LogP contribution in [0.1, 0.15) is 47.2 Å². The van der Waals surface area contributed by atoms with Gasteiger partial charge < -0.3 is 0 Å². The van der Waals surface area contributed by atoms with E-state index in [1.54, 1.807) is 0 Å². The van der Waals surface area contributed by atoms with Gasteiger partial charge in [0.25, 0.3) is 0 Å². The molecule has 0 spiro atoms. The minimum absolute atomic E-state index is 0.618. The van der Waals surface area contributed by atoms with Gasteiger partial charge in [0.15, 0.2) is 0 Å². The van der Waals surface area contributed by atoms with Gasteiger partial charge >= 0.3 is 0 Å². The van der Waals surface area contributed by atoms with E-state index in [-0.39, 0.29) is 0 Å². The van der Waals surface area contributed by atoms with Crippen molar-refractivity contribution in [3.8, 4) is 0 Å². The summed E-state index contributed by atoms with van der Waals surface area (Å²) in [6.45, 7) is 16.5. The molecule has 0 amide bonds. The first-order chi connectivity index (χ1) is 9.74. The predicted octanol–water partition coefficient (Wildman–Crippen LogP) is 5.90. The quantitative estimate of drug-likeness (QED) is 0.654. The average molecular weight is 371 g/mol. The number of aromatic nitrogens is 2. The zero-order valence-corrected chi connectivity index (χ0v) is 16.5. The zero-order valence-electron chi connectivity index (χ0n) is 14.1. The summed E-state index contributed by atoms with van der Waals surface area (Å²) >= 11 is 3.68. The smallest absolute Gasteiger partial charge is 0.149 e. The minimum Gasteiger partial charge on any atom is -0.290 e. The average Bonchev–Trinajstić information content (AvgIpc) is 2.68. The van der Waals surface area contributed by atoms with E-state index >= 15 is 0 Å². The highest BCUT2D eigenvalue weighted by Gasteiger charge is 2.38. The van der Waals surface area contributed by atoms with Crippen LogP contribution in [0, 0.1) is 6.92 Å². The predicted molar refractivity (Wildman–Crippen MR) is 101 cm³/mol. The lowest BCUT2D eigenvalue weighted by molar-refractivity contribution is 0.903. The number of pyridine rings is 1. The first-order valence-corrected chi connectivity index (χ1v) is 10.2. The zero-order chi connectivity index (χ0) is 15.9. The molecule has 0 aliphatic heterocycles. The Balaban J connectivity index is 2.90. The Morgan fingerprint density at radius 3 is 2.05 bits per heavy atom. The highest BCUT2D eigenvalue weighted by molar-refractivity contribution is 9.10. The number of hydrogen-bond acceptors (Lipinski definition) is 1. The molecule has 0 bridgehead atoms. The Morgan fingerprint density at radius 2 is 1.57 bits per heavy atom. The Hall–Kier alpha value is -0.480. The van der Waals surface area contributed by atoms with Crippen LogP contribution in [0.3, 0.4) is 0 Å². The molecule has 0 unspecified atom stereocenters. The molecule has 0 fully saturated rings. The molecule has 0 radical (unpaired) electrons. The summed E-state index contributed by atoms with van der Waals surface area (Å²) in [4.78, 5) is 4.73. The molecule has 0 saturated carbocycles. The van der Waals surface area contributed by atoms with E-state index in [1.807, 2.05) is 12.3 Å². The highest BCUT2D eigenvalue weighted by atomic mass is 79.9. The fraction of sp³-hybridized carbons (Fsp3) is 0.588. The Labute approximate surface area is 138 Å². The van der Waals surface area contributed by atoms with E-state index in [0.717, 1.165) is 10.1 Å². The van der Waals surface area contributed by atoms with Gasteiger partial charge in [-0.1, -0.05) is 41.5 Å². The first kappa shape index (κ1) is 16.9. The van der Waals surface area contributed by atoms with Gasteiger partial charge in [-0.15, -0.1) is 0 Å². The summed E-state index contributed by atoms with van der Waals surface area (Å²) in [6, 6.07) is 4.31. The molecule has 2 nitrogen and oxygen atoms in total. The molecule has 21 heavy (non-hydrogen) atoms. The third-order valence-electron chi connectivity index (χ3n) is 4.36. The van der Waals surface area contributed by atoms with Crippen LogP contribution in [0.4, 0.5) is 0 Å². The number of rotatable bonds is 4. The summed E-state index contributed by atoms with van der Waals surface area (Å²) in [5, 5.41) is 3.08. The van der Waals surface area contributed by atoms with E-state index in [9.17, 15) is 0 Å². The Bertz CT molecular complexity index is 622. The van der Waals surface area contributed by atoms with Crippen molar-refractivity contribution in [2.75, 3.05) is 0 Å². The molecular weight excluding hydrogens is 344 g/mol. The molecule has 0 aromatic carbocycles. The summed E-state index contributed by atoms with van der Waals surface area (Å²) in [5.74, 6) is 0. The van der Waals surface area contributed by atoms with Crippen LogP contribution in [0.5, 0.6) is 0 Å². The van der Waals surface area contributed by atoms with E-state index in [4.69, 9.17) is 4.98 Å². The van der Waals surface area contributed by atoms with E-state index < -0.39 is 10.2 Å². The molecule has 2 aromatic heterocycles. The second-order valence-electron chi connectivity index (χ2n) is 6.48. The fourth-order valence-electron chi connectivity index (χ4n) is 3.83. The molecule has 2 aromatic rings. The summed E-state index contributed by atoms with van der Waals surface area (Å²) < 4.78 is 3.71. The second-order valence-corrected chi connectivity index (χ2v) is 12.0. The lowest BCUT2D eigenvalue weighted by Crippen LogP contribution is -2.34. The van der Waals surface area contributed by atoms with Gasteiger partial charge in [0.05, 0.1) is 0 Å². The summed E-state index contributed by atoms with van der Waals surface area (Å²) in [5.41, 5.74) is 2.46. The van der Waals surface area contributed by atoms with Crippen molar-refractivity contribution >= 4 is 37.2 Å². The molecular formula is C17H27BrN2S. The molecule has 0 saturated heterocycles. The third-order valence-corrected chi connectivity index (χ3v) is 10.7. The molecule has 0 aliphatic rings. The van der Waals surface area contributed by atoms with E-state index in [0.29, 0.717) is 15.7 Å². The number of fused-ring (bicyclic) bond motifs is 1. The van der Waals surface area contributed by atoms with Gasteiger partial charge in [-0.2, -0.15) is 10.2 Å². The van der Waals surface area contributed by atoms with Crippen molar-refractivity contribution in [1.82, 2.24) is 8.96 Å². The van der Waals surface area contributed by atoms with Crippen LogP contribution in [0.2, 0.25) is 0 Å². The van der Waals surface area contributed by atoms with Crippen LogP contribution in [-0.4, -0.2) is 24.7 Å². The van der Waals surface area contributed by atoms with Crippen molar-refractivity contribution in [2.45, 2.75) is 64.2 Å². The summed E-state index contributed by atoms with van der Waals surface area (Å²) in [7, 11) is -1.02. The maximum atomic E-state index is 4.73. The first-order valence-electron chi connectivity index (χ1n) is 7.67. The molecule has 2 heterocycles. The fourth-order valence-corrected chi connectivity index (χ4v) is 9.77. The van der Waals surface area contributed by atoms with Crippen LogP contribution in [-0.2, 0) is 0 Å².